The molecule has 0 fully saturated rings. The Hall–Kier alpha value is -2.92. The average molecular weight is 416 g/mol. The highest BCUT2D eigenvalue weighted by molar-refractivity contribution is 7.89. The Balaban J connectivity index is 1.90. The lowest BCUT2D eigenvalue weighted by molar-refractivity contribution is -0.147. The number of rotatable bonds is 7. The van der Waals surface area contributed by atoms with Crippen molar-refractivity contribution >= 4 is 27.6 Å². The average Bonchev–Trinajstić information content (AvgIpc) is 2.63. The third-order valence-corrected chi connectivity index (χ3v) is 5.26. The first kappa shape index (κ1) is 21.4. The molecule has 1 N–H and O–H groups in total. The summed E-state index contributed by atoms with van der Waals surface area (Å²) in [4.78, 5) is 23.2. The number of nitrogens with one attached hydrogen (secondary N) is 1. The predicted molar refractivity (Wildman–Crippen MR) is 92.2 cm³/mol. The molecular formula is C17H15F3N2O5S. The number of amides is 1. The summed E-state index contributed by atoms with van der Waals surface area (Å²) in [6, 6.07) is 6.40. The van der Waals surface area contributed by atoms with Crippen molar-refractivity contribution < 1.29 is 35.9 Å². The Kier molecular flexibility index (Phi) is 6.75. The number of benzene rings is 2. The van der Waals surface area contributed by atoms with Crippen molar-refractivity contribution in [3.8, 4) is 0 Å². The number of nitrogens with zero attached hydrogens (tertiary/aromatic N) is 1. The zero-order valence-electron chi connectivity index (χ0n) is 14.5. The van der Waals surface area contributed by atoms with E-state index in [4.69, 9.17) is 0 Å². The second kappa shape index (κ2) is 8.85. The molecule has 0 saturated carbocycles. The van der Waals surface area contributed by atoms with Crippen LogP contribution >= 0.6 is 0 Å². The highest BCUT2D eigenvalue weighted by Gasteiger charge is 2.24. The van der Waals surface area contributed by atoms with E-state index in [1.54, 1.807) is 0 Å². The van der Waals surface area contributed by atoms with E-state index in [0.717, 1.165) is 49.5 Å². The lowest BCUT2D eigenvalue weighted by Crippen LogP contribution is -2.34. The third kappa shape index (κ3) is 5.54. The molecule has 0 aliphatic rings. The largest absolute Gasteiger partial charge is 0.455 e. The van der Waals surface area contributed by atoms with Gasteiger partial charge in [-0.2, -0.15) is 4.31 Å². The van der Waals surface area contributed by atoms with Crippen LogP contribution in [0.4, 0.5) is 18.9 Å². The van der Waals surface area contributed by atoms with E-state index in [1.165, 1.54) is 0 Å². The van der Waals surface area contributed by atoms with Gasteiger partial charge in [0.2, 0.25) is 10.0 Å². The lowest BCUT2D eigenvalue weighted by atomic mass is 10.3. The van der Waals surface area contributed by atoms with Gasteiger partial charge in [0.15, 0.2) is 6.61 Å². The summed E-state index contributed by atoms with van der Waals surface area (Å²) in [5.41, 5.74) is -0.433. The van der Waals surface area contributed by atoms with Crippen LogP contribution in [0.2, 0.25) is 0 Å². The fraction of sp³-hybridized carbons (Fsp3) is 0.176. The van der Waals surface area contributed by atoms with Crippen molar-refractivity contribution in [1.82, 2.24) is 4.31 Å². The maximum atomic E-state index is 13.4. The standard InChI is InChI=1S/C17H15F3N2O5S/c1-22(28(25,26)13-5-2-11(18)3-6-13)9-17(24)27-10-16(23)21-15-8-12(19)4-7-14(15)20/h2-8H,9-10H2,1H3,(H,21,23). The molecule has 0 heterocycles. The van der Waals surface area contributed by atoms with E-state index in [0.29, 0.717) is 4.31 Å². The fourth-order valence-corrected chi connectivity index (χ4v) is 3.14. The molecule has 2 aromatic carbocycles. The SMILES string of the molecule is CN(CC(=O)OCC(=O)Nc1cc(F)ccc1F)S(=O)(=O)c1ccc(F)cc1. The third-order valence-electron chi connectivity index (χ3n) is 3.44. The van der Waals surface area contributed by atoms with E-state index in [9.17, 15) is 31.2 Å². The highest BCUT2D eigenvalue weighted by atomic mass is 32.2. The minimum Gasteiger partial charge on any atom is -0.455 e. The lowest BCUT2D eigenvalue weighted by Gasteiger charge is -2.16. The van der Waals surface area contributed by atoms with Gasteiger partial charge in [0, 0.05) is 13.1 Å². The number of sulfonamides is 1. The van der Waals surface area contributed by atoms with Crippen molar-refractivity contribution in [3.05, 3.63) is 59.9 Å². The van der Waals surface area contributed by atoms with Gasteiger partial charge in [0.05, 0.1) is 10.6 Å². The number of carbonyl (C=O) groups excluding carboxylic acids is 2. The summed E-state index contributed by atoms with van der Waals surface area (Å²) in [7, 11) is -2.97. The first-order chi connectivity index (χ1) is 13.1. The van der Waals surface area contributed by atoms with Gasteiger partial charge in [-0.3, -0.25) is 9.59 Å². The Labute approximate surface area is 158 Å². The maximum Gasteiger partial charge on any atom is 0.321 e. The van der Waals surface area contributed by atoms with Crippen LogP contribution in [0.15, 0.2) is 47.4 Å². The highest BCUT2D eigenvalue weighted by Crippen LogP contribution is 2.16. The first-order valence-corrected chi connectivity index (χ1v) is 9.16. The van der Waals surface area contributed by atoms with Crippen molar-refractivity contribution in [2.75, 3.05) is 25.5 Å². The number of likely N-dealkylation sites (N-methyl/N-ethyl adjacent to an activating group) is 1. The van der Waals surface area contributed by atoms with Gasteiger partial charge >= 0.3 is 5.97 Å². The molecule has 0 unspecified atom stereocenters. The summed E-state index contributed by atoms with van der Waals surface area (Å²) in [6.07, 6.45) is 0. The summed E-state index contributed by atoms with van der Waals surface area (Å²) >= 11 is 0. The van der Waals surface area contributed by atoms with Gasteiger partial charge in [0.1, 0.15) is 24.0 Å². The number of carbonyl (C=O) groups is 2. The normalized spacial score (nSPS) is 11.3. The monoisotopic (exact) mass is 416 g/mol. The number of halogens is 3. The van der Waals surface area contributed by atoms with Gasteiger partial charge in [0.25, 0.3) is 5.91 Å². The number of hydrogen-bond acceptors (Lipinski definition) is 5. The molecule has 0 aliphatic carbocycles. The smallest absolute Gasteiger partial charge is 0.321 e. The Bertz CT molecular complexity index is 981. The van der Waals surface area contributed by atoms with Crippen LogP contribution in [0.1, 0.15) is 0 Å². The number of ether oxygens (including phenoxy) is 1. The molecular weight excluding hydrogens is 401 g/mol. The number of anilines is 1. The Morgan fingerprint density at radius 3 is 2.29 bits per heavy atom. The predicted octanol–water partition coefficient (Wildman–Crippen LogP) is 1.91. The molecule has 0 bridgehead atoms. The molecule has 150 valence electrons. The van der Waals surface area contributed by atoms with Crippen LogP contribution < -0.4 is 5.32 Å². The first-order valence-electron chi connectivity index (χ1n) is 7.72. The molecule has 0 saturated heterocycles. The molecule has 2 aromatic rings. The van der Waals surface area contributed by atoms with Crippen molar-refractivity contribution in [2.45, 2.75) is 4.90 Å². The van der Waals surface area contributed by atoms with Crippen LogP contribution in [0.3, 0.4) is 0 Å². The molecule has 1 amide bonds. The van der Waals surface area contributed by atoms with Gasteiger partial charge in [-0.25, -0.2) is 21.6 Å². The molecule has 0 aliphatic heterocycles. The molecule has 0 aromatic heterocycles. The van der Waals surface area contributed by atoms with Gasteiger partial charge < -0.3 is 10.1 Å². The second-order valence-corrected chi connectivity index (χ2v) is 7.59. The topological polar surface area (TPSA) is 92.8 Å². The minimum absolute atomic E-state index is 0.233. The zero-order valence-corrected chi connectivity index (χ0v) is 15.3. The zero-order chi connectivity index (χ0) is 20.9. The minimum atomic E-state index is -4.07. The quantitative estimate of drug-likeness (QED) is 0.696. The van der Waals surface area contributed by atoms with E-state index in [1.807, 2.05) is 5.32 Å². The molecule has 28 heavy (non-hydrogen) atoms. The van der Waals surface area contributed by atoms with Crippen LogP contribution in [0, 0.1) is 17.5 Å². The van der Waals surface area contributed by atoms with E-state index < -0.39 is 58.2 Å². The number of esters is 1. The van der Waals surface area contributed by atoms with Gasteiger partial charge in [-0.15, -0.1) is 0 Å². The van der Waals surface area contributed by atoms with Gasteiger partial charge in [-0.05, 0) is 36.4 Å². The molecule has 0 spiro atoms. The van der Waals surface area contributed by atoms with Crippen LogP contribution in [-0.4, -0.2) is 44.8 Å². The van der Waals surface area contributed by atoms with Crippen molar-refractivity contribution in [1.29, 1.82) is 0 Å². The molecule has 11 heteroatoms. The molecule has 0 radical (unpaired) electrons. The van der Waals surface area contributed by atoms with Gasteiger partial charge in [-0.1, -0.05) is 0 Å². The second-order valence-electron chi connectivity index (χ2n) is 5.55. The van der Waals surface area contributed by atoms with Crippen LogP contribution in [0.5, 0.6) is 0 Å². The van der Waals surface area contributed by atoms with E-state index in [2.05, 4.69) is 4.74 Å². The Morgan fingerprint density at radius 2 is 1.64 bits per heavy atom. The molecule has 7 nitrogen and oxygen atoms in total. The maximum absolute atomic E-state index is 13.4. The summed E-state index contributed by atoms with van der Waals surface area (Å²) in [5, 5.41) is 2.02. The van der Waals surface area contributed by atoms with Crippen LogP contribution in [0.25, 0.3) is 0 Å². The van der Waals surface area contributed by atoms with E-state index in [-0.39, 0.29) is 4.90 Å². The number of hydrogen-bond donors (Lipinski definition) is 1. The van der Waals surface area contributed by atoms with Crippen LogP contribution in [-0.2, 0) is 24.3 Å². The molecule has 2 rings (SSSR count). The summed E-state index contributed by atoms with van der Waals surface area (Å²) in [6.45, 7) is -1.56. The van der Waals surface area contributed by atoms with Crippen molar-refractivity contribution in [3.63, 3.8) is 0 Å². The summed E-state index contributed by atoms with van der Waals surface area (Å²) in [5.74, 6) is -4.28. The summed E-state index contributed by atoms with van der Waals surface area (Å²) < 4.78 is 69.2. The fourth-order valence-electron chi connectivity index (χ4n) is 2.02. The van der Waals surface area contributed by atoms with Crippen molar-refractivity contribution in [2.24, 2.45) is 0 Å². The molecule has 0 atom stereocenters. The van der Waals surface area contributed by atoms with E-state index >= 15 is 0 Å². The Morgan fingerprint density at radius 1 is 1.04 bits per heavy atom.